The van der Waals surface area contributed by atoms with E-state index in [1.165, 1.54) is 42.5 Å². The number of halogens is 1. The van der Waals surface area contributed by atoms with Crippen molar-refractivity contribution in [1.29, 1.82) is 0 Å². The minimum Gasteiger partial charge on any atom is -0.362 e. The summed E-state index contributed by atoms with van der Waals surface area (Å²) in [5.41, 5.74) is 1.09. The molecule has 11 heteroatoms. The Labute approximate surface area is 195 Å². The number of nitro benzene ring substituents is 1. The zero-order chi connectivity index (χ0) is 24.3. The smallest absolute Gasteiger partial charge is 0.292 e. The molecule has 9 nitrogen and oxygen atoms in total. The van der Waals surface area contributed by atoms with Crippen LogP contribution < -0.4 is 9.62 Å². The number of piperazine rings is 1. The summed E-state index contributed by atoms with van der Waals surface area (Å²) < 4.78 is 40.5. The van der Waals surface area contributed by atoms with Gasteiger partial charge in [0.25, 0.3) is 21.6 Å². The van der Waals surface area contributed by atoms with Gasteiger partial charge >= 0.3 is 0 Å². The first-order chi connectivity index (χ1) is 16.2. The van der Waals surface area contributed by atoms with Crippen LogP contribution in [0.4, 0.5) is 21.5 Å². The van der Waals surface area contributed by atoms with Gasteiger partial charge in [-0.1, -0.05) is 12.1 Å². The molecule has 1 aliphatic heterocycles. The van der Waals surface area contributed by atoms with E-state index in [-0.39, 0.29) is 22.2 Å². The molecular formula is C23H21FN4O5S. The maximum Gasteiger partial charge on any atom is 0.292 e. The number of hydrogen-bond donors (Lipinski definition) is 1. The van der Waals surface area contributed by atoms with Crippen molar-refractivity contribution < 1.29 is 22.5 Å². The lowest BCUT2D eigenvalue weighted by Crippen LogP contribution is -2.49. The van der Waals surface area contributed by atoms with Crippen LogP contribution in [-0.2, 0) is 10.0 Å². The number of nitrogens with one attached hydrogen (secondary N) is 1. The third-order valence-electron chi connectivity index (χ3n) is 5.49. The molecule has 0 unspecified atom stereocenters. The van der Waals surface area contributed by atoms with Gasteiger partial charge in [0.05, 0.1) is 9.82 Å². The summed E-state index contributed by atoms with van der Waals surface area (Å²) in [6, 6.07) is 17.0. The Morgan fingerprint density at radius 1 is 0.912 bits per heavy atom. The molecule has 1 saturated heterocycles. The fourth-order valence-electron chi connectivity index (χ4n) is 3.73. The van der Waals surface area contributed by atoms with Crippen molar-refractivity contribution in [3.63, 3.8) is 0 Å². The zero-order valence-corrected chi connectivity index (χ0v) is 18.7. The van der Waals surface area contributed by atoms with E-state index >= 15 is 0 Å². The molecule has 0 spiro atoms. The molecule has 0 radical (unpaired) electrons. The van der Waals surface area contributed by atoms with Crippen LogP contribution in [0.3, 0.4) is 0 Å². The Hall–Kier alpha value is -3.99. The molecule has 4 rings (SSSR count). The number of carbonyl (C=O) groups excluding carboxylic acids is 1. The lowest BCUT2D eigenvalue weighted by atomic mass is 10.1. The number of anilines is 2. The Bertz CT molecular complexity index is 1310. The summed E-state index contributed by atoms with van der Waals surface area (Å²) >= 11 is 0. The average Bonchev–Trinajstić information content (AvgIpc) is 2.85. The van der Waals surface area contributed by atoms with Gasteiger partial charge < -0.3 is 9.80 Å². The van der Waals surface area contributed by atoms with Gasteiger partial charge in [-0.3, -0.25) is 19.6 Å². The van der Waals surface area contributed by atoms with E-state index < -0.39 is 20.8 Å². The minimum atomic E-state index is -3.90. The normalized spacial score (nSPS) is 14.0. The summed E-state index contributed by atoms with van der Waals surface area (Å²) in [6.45, 7) is 1.61. The average molecular weight is 485 g/mol. The van der Waals surface area contributed by atoms with Gasteiger partial charge in [0.1, 0.15) is 11.5 Å². The van der Waals surface area contributed by atoms with Gasteiger partial charge in [0.15, 0.2) is 0 Å². The van der Waals surface area contributed by atoms with Crippen molar-refractivity contribution in [3.8, 4) is 0 Å². The highest BCUT2D eigenvalue weighted by Gasteiger charge is 2.26. The second-order valence-electron chi connectivity index (χ2n) is 7.66. The van der Waals surface area contributed by atoms with Crippen molar-refractivity contribution in [2.45, 2.75) is 4.90 Å². The molecule has 0 aromatic heterocycles. The molecule has 0 atom stereocenters. The van der Waals surface area contributed by atoms with Crippen molar-refractivity contribution in [2.24, 2.45) is 0 Å². The van der Waals surface area contributed by atoms with E-state index in [0.717, 1.165) is 12.1 Å². The third kappa shape index (κ3) is 4.99. The highest BCUT2D eigenvalue weighted by molar-refractivity contribution is 7.92. The van der Waals surface area contributed by atoms with E-state index in [9.17, 15) is 27.7 Å². The highest BCUT2D eigenvalue weighted by Crippen LogP contribution is 2.28. The van der Waals surface area contributed by atoms with Crippen LogP contribution in [0.1, 0.15) is 10.4 Å². The summed E-state index contributed by atoms with van der Waals surface area (Å²) in [5.74, 6) is -0.730. The van der Waals surface area contributed by atoms with Crippen LogP contribution in [0, 0.1) is 15.9 Å². The minimum absolute atomic E-state index is 0.0216. The second-order valence-corrected chi connectivity index (χ2v) is 9.34. The number of nitrogens with zero attached hydrogens (tertiary/aromatic N) is 3. The molecule has 1 heterocycles. The molecule has 1 N–H and O–H groups in total. The molecule has 1 aliphatic rings. The highest BCUT2D eigenvalue weighted by atomic mass is 32.2. The van der Waals surface area contributed by atoms with Crippen molar-refractivity contribution >= 4 is 33.0 Å². The topological polar surface area (TPSA) is 113 Å². The number of para-hydroxylation sites is 2. The number of amides is 1. The van der Waals surface area contributed by atoms with E-state index in [4.69, 9.17) is 0 Å². The lowest BCUT2D eigenvalue weighted by molar-refractivity contribution is -0.384. The third-order valence-corrected chi connectivity index (χ3v) is 6.89. The Balaban J connectivity index is 1.41. The molecular weight excluding hydrogens is 463 g/mol. The summed E-state index contributed by atoms with van der Waals surface area (Å²) in [7, 11) is -3.90. The summed E-state index contributed by atoms with van der Waals surface area (Å²) in [5, 5.41) is 11.3. The van der Waals surface area contributed by atoms with E-state index in [2.05, 4.69) is 4.72 Å². The predicted molar refractivity (Wildman–Crippen MR) is 125 cm³/mol. The second kappa shape index (κ2) is 9.48. The monoisotopic (exact) mass is 484 g/mol. The number of rotatable bonds is 6. The SMILES string of the molecule is O=C(c1ccc(S(=O)(=O)Nc2ccc(F)cc2)cc1)N1CCN(c2ccccc2[N+](=O)[O-])CC1. The standard InChI is InChI=1S/C23H21FN4O5S/c24-18-7-9-19(10-8-18)25-34(32,33)20-11-5-17(6-12-20)23(29)27-15-13-26(14-16-27)21-3-1-2-4-22(21)28(30)31/h1-12,25H,13-16H2. The molecule has 0 saturated carbocycles. The number of carbonyl (C=O) groups is 1. The maximum atomic E-state index is 13.0. The molecule has 3 aromatic rings. The fourth-order valence-corrected chi connectivity index (χ4v) is 4.79. The first-order valence-corrected chi connectivity index (χ1v) is 11.9. The Morgan fingerprint density at radius 3 is 2.15 bits per heavy atom. The molecule has 34 heavy (non-hydrogen) atoms. The first kappa shape index (κ1) is 23.2. The molecule has 3 aromatic carbocycles. The summed E-state index contributed by atoms with van der Waals surface area (Å²) in [4.78, 5) is 27.2. The van der Waals surface area contributed by atoms with E-state index in [1.54, 1.807) is 23.1 Å². The molecule has 176 valence electrons. The summed E-state index contributed by atoms with van der Waals surface area (Å²) in [6.07, 6.45) is 0. The Morgan fingerprint density at radius 2 is 1.53 bits per heavy atom. The van der Waals surface area contributed by atoms with Crippen LogP contribution in [0.2, 0.25) is 0 Å². The van der Waals surface area contributed by atoms with Crippen LogP contribution in [0.15, 0.2) is 77.7 Å². The number of hydrogen-bond acceptors (Lipinski definition) is 6. The quantitative estimate of drug-likeness (QED) is 0.423. The molecule has 0 bridgehead atoms. The maximum absolute atomic E-state index is 13.0. The van der Waals surface area contributed by atoms with Crippen LogP contribution in [0.5, 0.6) is 0 Å². The van der Waals surface area contributed by atoms with Crippen LogP contribution in [-0.4, -0.2) is 50.3 Å². The molecule has 0 aliphatic carbocycles. The fraction of sp³-hybridized carbons (Fsp3) is 0.174. The van der Waals surface area contributed by atoms with E-state index in [0.29, 0.717) is 37.4 Å². The van der Waals surface area contributed by atoms with Gasteiger partial charge in [-0.15, -0.1) is 0 Å². The van der Waals surface area contributed by atoms with Crippen molar-refractivity contribution in [1.82, 2.24) is 4.90 Å². The van der Waals surface area contributed by atoms with Gasteiger partial charge in [0.2, 0.25) is 0 Å². The first-order valence-electron chi connectivity index (χ1n) is 10.4. The van der Waals surface area contributed by atoms with Crippen molar-refractivity contribution in [2.75, 3.05) is 35.8 Å². The van der Waals surface area contributed by atoms with Crippen molar-refractivity contribution in [3.05, 3.63) is 94.3 Å². The Kier molecular flexibility index (Phi) is 6.46. The number of nitro groups is 1. The van der Waals surface area contributed by atoms with Crippen LogP contribution in [0.25, 0.3) is 0 Å². The van der Waals surface area contributed by atoms with Gasteiger partial charge in [-0.05, 0) is 54.6 Å². The van der Waals surface area contributed by atoms with Gasteiger partial charge in [-0.2, -0.15) is 0 Å². The predicted octanol–water partition coefficient (Wildman–Crippen LogP) is 3.50. The van der Waals surface area contributed by atoms with Gasteiger partial charge in [-0.25, -0.2) is 12.8 Å². The molecule has 1 fully saturated rings. The lowest BCUT2D eigenvalue weighted by Gasteiger charge is -2.35. The largest absolute Gasteiger partial charge is 0.362 e. The van der Waals surface area contributed by atoms with Crippen LogP contribution >= 0.6 is 0 Å². The van der Waals surface area contributed by atoms with E-state index in [1.807, 2.05) is 4.90 Å². The zero-order valence-electron chi connectivity index (χ0n) is 17.9. The number of sulfonamides is 1. The van der Waals surface area contributed by atoms with Gasteiger partial charge in [0, 0.05) is 43.5 Å². The number of benzene rings is 3. The molecule has 1 amide bonds.